The third-order valence-electron chi connectivity index (χ3n) is 6.86. The molecule has 2 nitrogen and oxygen atoms in total. The number of hydrogen-bond donors (Lipinski definition) is 0. The van der Waals surface area contributed by atoms with E-state index in [-0.39, 0.29) is 11.1 Å². The molecule has 0 unspecified atom stereocenters. The van der Waals surface area contributed by atoms with Crippen molar-refractivity contribution in [2.24, 2.45) is 5.92 Å². The summed E-state index contributed by atoms with van der Waals surface area (Å²) in [4.78, 5) is 3.45. The van der Waals surface area contributed by atoms with Crippen molar-refractivity contribution in [2.75, 3.05) is 7.05 Å². The number of halogens is 1. The van der Waals surface area contributed by atoms with Crippen LogP contribution in [0, 0.1) is 18.7 Å². The van der Waals surface area contributed by atoms with Crippen LogP contribution in [-0.2, 0) is 10.8 Å². The average molecular weight is 400 g/mol. The summed E-state index contributed by atoms with van der Waals surface area (Å²) in [6, 6.07) is 16.0. The lowest BCUT2D eigenvalue weighted by Crippen LogP contribution is -2.49. The summed E-state index contributed by atoms with van der Waals surface area (Å²) < 4.78 is 27.0. The van der Waals surface area contributed by atoms with Gasteiger partial charge in [-0.1, -0.05) is 43.2 Å². The zero-order valence-electron chi connectivity index (χ0n) is 17.0. The maximum Gasteiger partial charge on any atom is 0.123 e. The molecule has 2 fully saturated rings. The van der Waals surface area contributed by atoms with Crippen LogP contribution in [0.5, 0.6) is 0 Å². The van der Waals surface area contributed by atoms with Crippen LogP contribution < -0.4 is 0 Å². The molecule has 2 saturated heterocycles. The van der Waals surface area contributed by atoms with E-state index in [9.17, 15) is 8.60 Å². The number of rotatable bonds is 5. The molecule has 2 aliphatic rings. The van der Waals surface area contributed by atoms with Gasteiger partial charge in [-0.05, 0) is 74.9 Å². The maximum atomic E-state index is 13.5. The van der Waals surface area contributed by atoms with Gasteiger partial charge in [0.2, 0.25) is 0 Å². The Morgan fingerprint density at radius 2 is 1.75 bits per heavy atom. The van der Waals surface area contributed by atoms with Gasteiger partial charge in [-0.15, -0.1) is 0 Å². The van der Waals surface area contributed by atoms with Crippen LogP contribution in [0.15, 0.2) is 53.4 Å². The molecule has 2 aromatic carbocycles. The molecule has 4 rings (SSSR count). The normalized spacial score (nSPS) is 31.1. The van der Waals surface area contributed by atoms with Crippen LogP contribution in [0.3, 0.4) is 0 Å². The smallest absolute Gasteiger partial charge is 0.123 e. The Morgan fingerprint density at radius 1 is 1.07 bits per heavy atom. The van der Waals surface area contributed by atoms with Crippen LogP contribution in [-0.4, -0.2) is 33.5 Å². The van der Waals surface area contributed by atoms with Gasteiger partial charge in [-0.2, -0.15) is 0 Å². The minimum atomic E-state index is -0.999. The van der Waals surface area contributed by atoms with E-state index in [0.717, 1.165) is 30.6 Å². The van der Waals surface area contributed by atoms with Crippen molar-refractivity contribution < 1.29 is 8.60 Å². The highest BCUT2D eigenvalue weighted by Crippen LogP contribution is 2.49. The molecule has 4 heteroatoms. The second kappa shape index (κ2) is 8.08. The largest absolute Gasteiger partial charge is 0.299 e. The topological polar surface area (TPSA) is 20.3 Å². The number of nitrogens with zero attached hydrogens (tertiary/aromatic N) is 1. The first kappa shape index (κ1) is 19.8. The van der Waals surface area contributed by atoms with Crippen molar-refractivity contribution in [3.8, 4) is 0 Å². The van der Waals surface area contributed by atoms with E-state index in [0.29, 0.717) is 23.9 Å². The van der Waals surface area contributed by atoms with Gasteiger partial charge in [0.05, 0.1) is 16.0 Å². The molecule has 0 N–H and O–H groups in total. The second-order valence-corrected chi connectivity index (χ2v) is 10.2. The minimum Gasteiger partial charge on any atom is -0.299 e. The summed E-state index contributed by atoms with van der Waals surface area (Å²) in [6.07, 6.45) is 4.29. The van der Waals surface area contributed by atoms with E-state index >= 15 is 0 Å². The maximum absolute atomic E-state index is 13.5. The van der Waals surface area contributed by atoms with Crippen molar-refractivity contribution in [2.45, 2.75) is 67.7 Å². The lowest BCUT2D eigenvalue weighted by atomic mass is 9.74. The van der Waals surface area contributed by atoms with E-state index in [4.69, 9.17) is 0 Å². The number of fused-ring (bicyclic) bond motifs is 2. The predicted molar refractivity (Wildman–Crippen MR) is 113 cm³/mol. The first-order valence-corrected chi connectivity index (χ1v) is 11.7. The molecule has 0 aliphatic carbocycles. The van der Waals surface area contributed by atoms with Gasteiger partial charge in [0.1, 0.15) is 5.82 Å². The minimum absolute atomic E-state index is 0.166. The zero-order chi connectivity index (χ0) is 19.8. The molecule has 2 aromatic rings. The van der Waals surface area contributed by atoms with E-state index in [2.05, 4.69) is 37.9 Å². The Kier molecular flexibility index (Phi) is 5.71. The van der Waals surface area contributed by atoms with Gasteiger partial charge in [0.15, 0.2) is 0 Å². The van der Waals surface area contributed by atoms with Gasteiger partial charge in [0, 0.05) is 17.0 Å². The van der Waals surface area contributed by atoms with Crippen molar-refractivity contribution in [1.82, 2.24) is 4.90 Å². The third-order valence-corrected chi connectivity index (χ3v) is 8.62. The van der Waals surface area contributed by atoms with Gasteiger partial charge in [-0.3, -0.25) is 9.11 Å². The first-order valence-electron chi connectivity index (χ1n) is 10.4. The van der Waals surface area contributed by atoms with E-state index in [1.807, 2.05) is 24.3 Å². The highest BCUT2D eigenvalue weighted by Gasteiger charge is 2.52. The zero-order valence-corrected chi connectivity index (χ0v) is 17.8. The summed E-state index contributed by atoms with van der Waals surface area (Å²) in [6.45, 7) is 4.29. The number of hydrogen-bond acceptors (Lipinski definition) is 2. The fourth-order valence-electron chi connectivity index (χ4n) is 5.49. The van der Waals surface area contributed by atoms with Gasteiger partial charge < -0.3 is 0 Å². The lowest BCUT2D eigenvalue weighted by molar-refractivity contribution is 0.0951. The summed E-state index contributed by atoms with van der Waals surface area (Å²) >= 11 is 0. The molecule has 150 valence electrons. The quantitative estimate of drug-likeness (QED) is 0.681. The van der Waals surface area contributed by atoms with E-state index in [1.54, 1.807) is 12.1 Å². The lowest BCUT2D eigenvalue weighted by Gasteiger charge is -2.44. The Morgan fingerprint density at radius 3 is 2.39 bits per heavy atom. The second-order valence-electron chi connectivity index (χ2n) is 8.54. The highest BCUT2D eigenvalue weighted by molar-refractivity contribution is 7.85. The van der Waals surface area contributed by atoms with Crippen LogP contribution in [0.2, 0.25) is 0 Å². The Hall–Kier alpha value is -1.52. The molecule has 0 radical (unpaired) electrons. The van der Waals surface area contributed by atoms with Gasteiger partial charge in [-0.25, -0.2) is 4.39 Å². The van der Waals surface area contributed by atoms with Crippen molar-refractivity contribution in [3.63, 3.8) is 0 Å². The molecule has 0 amide bonds. The van der Waals surface area contributed by atoms with Gasteiger partial charge in [0.25, 0.3) is 0 Å². The Labute approximate surface area is 170 Å². The van der Waals surface area contributed by atoms with Gasteiger partial charge >= 0.3 is 0 Å². The predicted octanol–water partition coefficient (Wildman–Crippen LogP) is 5.29. The molecular formula is C24H30FNOS. The van der Waals surface area contributed by atoms with Crippen LogP contribution in [0.1, 0.15) is 49.7 Å². The molecule has 0 aromatic heterocycles. The fraction of sp³-hybridized carbons (Fsp3) is 0.500. The van der Waals surface area contributed by atoms with Crippen molar-refractivity contribution in [1.29, 1.82) is 0 Å². The highest BCUT2D eigenvalue weighted by atomic mass is 32.2. The number of piperidine rings is 1. The van der Waals surface area contributed by atoms with Crippen LogP contribution in [0.4, 0.5) is 4.39 Å². The van der Waals surface area contributed by atoms with Crippen molar-refractivity contribution >= 4 is 10.8 Å². The third kappa shape index (κ3) is 3.57. The first-order chi connectivity index (χ1) is 13.5. The Bertz CT molecular complexity index is 835. The summed E-state index contributed by atoms with van der Waals surface area (Å²) in [7, 11) is 1.21. The molecule has 6 atom stereocenters. The summed E-state index contributed by atoms with van der Waals surface area (Å²) in [5.41, 5.74) is 2.44. The van der Waals surface area contributed by atoms with Crippen LogP contribution >= 0.6 is 0 Å². The molecular weight excluding hydrogens is 369 g/mol. The van der Waals surface area contributed by atoms with E-state index in [1.165, 1.54) is 11.1 Å². The molecule has 2 heterocycles. The average Bonchev–Trinajstić information content (AvgIpc) is 2.90. The van der Waals surface area contributed by atoms with Crippen molar-refractivity contribution in [3.05, 3.63) is 65.5 Å². The summed E-state index contributed by atoms with van der Waals surface area (Å²) in [5, 5.41) is 0.166. The molecule has 2 bridgehead atoms. The number of aryl methyl sites for hydroxylation is 1. The Balaban J connectivity index is 1.66. The van der Waals surface area contributed by atoms with Crippen LogP contribution in [0.25, 0.3) is 0 Å². The summed E-state index contributed by atoms with van der Waals surface area (Å²) in [5.74, 6) is 0.704. The molecule has 0 saturated carbocycles. The van der Waals surface area contributed by atoms with E-state index < -0.39 is 10.8 Å². The molecule has 0 spiro atoms. The molecule has 28 heavy (non-hydrogen) atoms. The SMILES string of the molecule is CCC[C@@H]1[C@H]2[C@H]([S@@](=O)c3ccc(C)cc3)C[C@@H](C[C@H]1c1ccc(F)cc1)N2C. The standard InChI is InChI=1S/C24H30FNOS/c1-4-5-21-22(17-8-10-18(25)11-9-17)14-19-15-23(24(21)26(19)3)28(27)20-12-6-16(2)7-13-20/h6-13,19,21-24H,4-5,14-15H2,1-3H3/t19-,21+,22+,23-,24+,28+/m1/s1. The molecule has 2 aliphatic heterocycles. The number of benzene rings is 2. The monoisotopic (exact) mass is 399 g/mol. The fourth-order valence-corrected chi connectivity index (χ4v) is 7.28.